The van der Waals surface area contributed by atoms with E-state index in [0.29, 0.717) is 25.5 Å². The van der Waals surface area contributed by atoms with Crippen molar-refractivity contribution in [2.24, 2.45) is 5.92 Å². The molecule has 1 heterocycles. The normalized spacial score (nSPS) is 28.2. The van der Waals surface area contributed by atoms with Crippen molar-refractivity contribution in [1.29, 1.82) is 0 Å². The Morgan fingerprint density at radius 1 is 1.28 bits per heavy atom. The number of hydrogen-bond acceptors (Lipinski definition) is 3. The van der Waals surface area contributed by atoms with Gasteiger partial charge in [-0.1, -0.05) is 19.3 Å². The molecule has 1 amide bonds. The zero-order valence-electron chi connectivity index (χ0n) is 11.5. The Labute approximate surface area is 109 Å². The lowest BCUT2D eigenvalue weighted by Gasteiger charge is -2.21. The average Bonchev–Trinajstić information content (AvgIpc) is 2.68. The molecule has 0 aromatic rings. The van der Waals surface area contributed by atoms with Gasteiger partial charge in [-0.05, 0) is 32.6 Å². The van der Waals surface area contributed by atoms with Crippen LogP contribution in [0, 0.1) is 5.92 Å². The molecule has 2 rings (SSSR count). The molecule has 0 aromatic carbocycles. The molecule has 0 spiro atoms. The molecule has 2 aliphatic rings. The zero-order valence-corrected chi connectivity index (χ0v) is 11.5. The number of amides is 1. The van der Waals surface area contributed by atoms with Crippen LogP contribution in [-0.4, -0.2) is 30.9 Å². The minimum absolute atomic E-state index is 0.00435. The minimum Gasteiger partial charge on any atom is -0.353 e. The lowest BCUT2D eigenvalue weighted by atomic mass is 9.87. The van der Waals surface area contributed by atoms with E-state index in [9.17, 15) is 4.79 Å². The fourth-order valence-electron chi connectivity index (χ4n) is 2.82. The van der Waals surface area contributed by atoms with Gasteiger partial charge in [-0.2, -0.15) is 0 Å². The van der Waals surface area contributed by atoms with E-state index in [0.717, 1.165) is 0 Å². The maximum atomic E-state index is 11.8. The number of hydrogen-bond donors (Lipinski definition) is 1. The Balaban J connectivity index is 1.63. The summed E-state index contributed by atoms with van der Waals surface area (Å²) in [5.41, 5.74) is 0. The highest BCUT2D eigenvalue weighted by molar-refractivity contribution is 5.76. The van der Waals surface area contributed by atoms with Crippen molar-refractivity contribution >= 4 is 5.91 Å². The van der Waals surface area contributed by atoms with Gasteiger partial charge >= 0.3 is 0 Å². The fourth-order valence-corrected chi connectivity index (χ4v) is 2.82. The van der Waals surface area contributed by atoms with E-state index in [1.807, 2.05) is 13.8 Å². The first kappa shape index (κ1) is 13.8. The molecular weight excluding hydrogens is 230 g/mol. The molecular formula is C14H25NO3. The lowest BCUT2D eigenvalue weighted by molar-refractivity contribution is -0.139. The summed E-state index contributed by atoms with van der Waals surface area (Å²) in [7, 11) is 0. The molecule has 1 atom stereocenters. The minimum atomic E-state index is -0.501. The summed E-state index contributed by atoms with van der Waals surface area (Å²) >= 11 is 0. The summed E-state index contributed by atoms with van der Waals surface area (Å²) in [6.07, 6.45) is 7.00. The number of rotatable bonds is 4. The second-order valence-corrected chi connectivity index (χ2v) is 5.96. The van der Waals surface area contributed by atoms with E-state index in [1.54, 1.807) is 0 Å². The van der Waals surface area contributed by atoms with Crippen LogP contribution in [0.1, 0.15) is 52.4 Å². The van der Waals surface area contributed by atoms with Crippen molar-refractivity contribution in [2.75, 3.05) is 13.2 Å². The van der Waals surface area contributed by atoms with Crippen molar-refractivity contribution < 1.29 is 14.3 Å². The van der Waals surface area contributed by atoms with Gasteiger partial charge in [0.25, 0.3) is 0 Å². The monoisotopic (exact) mass is 255 g/mol. The molecule has 0 radical (unpaired) electrons. The van der Waals surface area contributed by atoms with E-state index in [2.05, 4.69) is 5.32 Å². The van der Waals surface area contributed by atoms with Crippen LogP contribution in [0.5, 0.6) is 0 Å². The molecule has 2 fully saturated rings. The number of nitrogens with one attached hydrogen (secondary N) is 1. The van der Waals surface area contributed by atoms with E-state index < -0.39 is 5.79 Å². The zero-order chi connectivity index (χ0) is 13.0. The van der Waals surface area contributed by atoms with Crippen molar-refractivity contribution in [3.63, 3.8) is 0 Å². The topological polar surface area (TPSA) is 47.6 Å². The fraction of sp³-hybridized carbons (Fsp3) is 0.929. The van der Waals surface area contributed by atoms with Gasteiger partial charge in [-0.3, -0.25) is 4.79 Å². The third-order valence-electron chi connectivity index (χ3n) is 3.79. The molecule has 4 nitrogen and oxygen atoms in total. The molecule has 4 heteroatoms. The highest BCUT2D eigenvalue weighted by atomic mass is 16.7. The van der Waals surface area contributed by atoms with Crippen LogP contribution in [-0.2, 0) is 14.3 Å². The van der Waals surface area contributed by atoms with Gasteiger partial charge in [-0.25, -0.2) is 0 Å². The second kappa shape index (κ2) is 6.02. The summed E-state index contributed by atoms with van der Waals surface area (Å²) in [6.45, 7) is 4.93. The second-order valence-electron chi connectivity index (χ2n) is 5.96. The highest BCUT2D eigenvalue weighted by Crippen LogP contribution is 2.26. The van der Waals surface area contributed by atoms with E-state index in [-0.39, 0.29) is 12.0 Å². The van der Waals surface area contributed by atoms with Crippen LogP contribution in [0.15, 0.2) is 0 Å². The summed E-state index contributed by atoms with van der Waals surface area (Å²) in [4.78, 5) is 11.8. The molecule has 0 bridgehead atoms. The van der Waals surface area contributed by atoms with Gasteiger partial charge in [0.15, 0.2) is 5.79 Å². The maximum absolute atomic E-state index is 11.8. The highest BCUT2D eigenvalue weighted by Gasteiger charge is 2.32. The molecule has 1 unspecified atom stereocenters. The Morgan fingerprint density at radius 2 is 2.00 bits per heavy atom. The van der Waals surface area contributed by atoms with Gasteiger partial charge in [0, 0.05) is 13.0 Å². The van der Waals surface area contributed by atoms with Crippen LogP contribution >= 0.6 is 0 Å². The first-order chi connectivity index (χ1) is 8.55. The van der Waals surface area contributed by atoms with Crippen molar-refractivity contribution in [1.82, 2.24) is 5.32 Å². The van der Waals surface area contributed by atoms with Crippen LogP contribution in [0.4, 0.5) is 0 Å². The van der Waals surface area contributed by atoms with Crippen LogP contribution in [0.3, 0.4) is 0 Å². The standard InChI is InChI=1S/C14H25NO3/c1-14(2)17-10-12(18-14)9-15-13(16)8-11-6-4-3-5-7-11/h11-12H,3-10H2,1-2H3,(H,15,16). The summed E-state index contributed by atoms with van der Waals surface area (Å²) in [6, 6.07) is 0. The largest absolute Gasteiger partial charge is 0.353 e. The maximum Gasteiger partial charge on any atom is 0.220 e. The molecule has 104 valence electrons. The van der Waals surface area contributed by atoms with Crippen LogP contribution in [0.2, 0.25) is 0 Å². The SMILES string of the molecule is CC1(C)OCC(CNC(=O)CC2CCCCC2)O1. The van der Waals surface area contributed by atoms with E-state index in [4.69, 9.17) is 9.47 Å². The predicted octanol–water partition coefficient (Wildman–Crippen LogP) is 2.22. The quantitative estimate of drug-likeness (QED) is 0.838. The Morgan fingerprint density at radius 3 is 2.61 bits per heavy atom. The third-order valence-corrected chi connectivity index (χ3v) is 3.79. The summed E-state index contributed by atoms with van der Waals surface area (Å²) in [5.74, 6) is 0.254. The van der Waals surface area contributed by atoms with E-state index >= 15 is 0 Å². The number of ether oxygens (including phenoxy) is 2. The van der Waals surface area contributed by atoms with Gasteiger partial charge < -0.3 is 14.8 Å². The molecule has 1 aliphatic heterocycles. The van der Waals surface area contributed by atoms with Gasteiger partial charge in [0.2, 0.25) is 5.91 Å². The first-order valence-corrected chi connectivity index (χ1v) is 7.14. The molecule has 0 aromatic heterocycles. The van der Waals surface area contributed by atoms with Crippen molar-refractivity contribution in [3.8, 4) is 0 Å². The molecule has 1 N–H and O–H groups in total. The van der Waals surface area contributed by atoms with Crippen LogP contribution < -0.4 is 5.32 Å². The van der Waals surface area contributed by atoms with Gasteiger partial charge in [0.1, 0.15) is 6.10 Å². The van der Waals surface area contributed by atoms with Gasteiger partial charge in [-0.15, -0.1) is 0 Å². The van der Waals surface area contributed by atoms with Crippen molar-refractivity contribution in [2.45, 2.75) is 64.3 Å². The summed E-state index contributed by atoms with van der Waals surface area (Å²) in [5, 5.41) is 2.97. The Bertz CT molecular complexity index is 285. The van der Waals surface area contributed by atoms with E-state index in [1.165, 1.54) is 32.1 Å². The summed E-state index contributed by atoms with van der Waals surface area (Å²) < 4.78 is 11.1. The number of carbonyl (C=O) groups is 1. The Kier molecular flexibility index (Phi) is 4.62. The Hall–Kier alpha value is -0.610. The molecule has 1 aliphatic carbocycles. The third kappa shape index (κ3) is 4.25. The lowest BCUT2D eigenvalue weighted by Crippen LogP contribution is -2.35. The van der Waals surface area contributed by atoms with Crippen molar-refractivity contribution in [3.05, 3.63) is 0 Å². The molecule has 1 saturated carbocycles. The van der Waals surface area contributed by atoms with Gasteiger partial charge in [0.05, 0.1) is 6.61 Å². The predicted molar refractivity (Wildman–Crippen MR) is 69.1 cm³/mol. The smallest absolute Gasteiger partial charge is 0.220 e. The first-order valence-electron chi connectivity index (χ1n) is 7.14. The van der Waals surface area contributed by atoms with Crippen LogP contribution in [0.25, 0.3) is 0 Å². The molecule has 1 saturated heterocycles. The molecule has 18 heavy (non-hydrogen) atoms. The number of carbonyl (C=O) groups excluding carboxylic acids is 1. The average molecular weight is 255 g/mol.